The first-order valence-corrected chi connectivity index (χ1v) is 7.06. The predicted molar refractivity (Wildman–Crippen MR) is 84.0 cm³/mol. The minimum Gasteiger partial charge on any atom is -0.508 e. The highest BCUT2D eigenvalue weighted by Gasteiger charge is 2.12. The van der Waals surface area contributed by atoms with Gasteiger partial charge in [0.2, 0.25) is 0 Å². The van der Waals surface area contributed by atoms with Crippen molar-refractivity contribution in [2.24, 2.45) is 0 Å². The van der Waals surface area contributed by atoms with Crippen molar-refractivity contribution in [1.29, 1.82) is 0 Å². The Hall–Kier alpha value is -1.30. The van der Waals surface area contributed by atoms with Gasteiger partial charge in [-0.3, -0.25) is 0 Å². The second-order valence-electron chi connectivity index (χ2n) is 4.53. The summed E-state index contributed by atoms with van der Waals surface area (Å²) >= 11 is 2.26. The van der Waals surface area contributed by atoms with Crippen molar-refractivity contribution in [1.82, 2.24) is 0 Å². The maximum Gasteiger partial charge on any atom is 0.123 e. The molecule has 0 aromatic heterocycles. The van der Waals surface area contributed by atoms with Gasteiger partial charge in [-0.2, -0.15) is 0 Å². The van der Waals surface area contributed by atoms with E-state index in [1.807, 2.05) is 26.0 Å². The summed E-state index contributed by atoms with van der Waals surface area (Å²) in [6, 6.07) is 9.88. The third kappa shape index (κ3) is 3.37. The zero-order valence-corrected chi connectivity index (χ0v) is 12.9. The minimum absolute atomic E-state index is 0.101. The van der Waals surface area contributed by atoms with E-state index in [9.17, 15) is 9.50 Å². The van der Waals surface area contributed by atoms with Gasteiger partial charge in [0.05, 0.1) is 6.04 Å². The number of phenols is 1. The van der Waals surface area contributed by atoms with E-state index in [-0.39, 0.29) is 17.6 Å². The molecule has 0 fully saturated rings. The van der Waals surface area contributed by atoms with Crippen molar-refractivity contribution >= 4 is 28.3 Å². The van der Waals surface area contributed by atoms with Crippen LogP contribution in [0.1, 0.15) is 24.1 Å². The molecule has 0 radical (unpaired) electrons. The molecular formula is C15H15FINO. The lowest BCUT2D eigenvalue weighted by Crippen LogP contribution is -2.08. The summed E-state index contributed by atoms with van der Waals surface area (Å²) in [6.45, 7) is 3.91. The predicted octanol–water partition coefficient (Wildman–Crippen LogP) is 4.62. The maximum atomic E-state index is 13.2. The van der Waals surface area contributed by atoms with Crippen LogP contribution in [0.4, 0.5) is 10.1 Å². The van der Waals surface area contributed by atoms with Gasteiger partial charge in [0, 0.05) is 14.8 Å². The Labute approximate surface area is 125 Å². The number of nitrogens with one attached hydrogen (secondary N) is 1. The average molecular weight is 371 g/mol. The smallest absolute Gasteiger partial charge is 0.123 e. The van der Waals surface area contributed by atoms with E-state index in [0.29, 0.717) is 5.56 Å². The SMILES string of the molecule is Cc1cc(I)ccc1NC(C)c1cc(F)ccc1O. The highest BCUT2D eigenvalue weighted by Crippen LogP contribution is 2.29. The topological polar surface area (TPSA) is 32.3 Å². The summed E-state index contributed by atoms with van der Waals surface area (Å²) in [5.74, 6) is -0.245. The van der Waals surface area contributed by atoms with E-state index < -0.39 is 0 Å². The summed E-state index contributed by atoms with van der Waals surface area (Å²) in [5.41, 5.74) is 2.66. The first-order chi connectivity index (χ1) is 8.97. The molecular weight excluding hydrogens is 356 g/mol. The lowest BCUT2D eigenvalue weighted by Gasteiger charge is -2.18. The van der Waals surface area contributed by atoms with Crippen molar-refractivity contribution in [3.63, 3.8) is 0 Å². The first-order valence-electron chi connectivity index (χ1n) is 5.98. The quantitative estimate of drug-likeness (QED) is 0.772. The van der Waals surface area contributed by atoms with Crippen LogP contribution in [-0.2, 0) is 0 Å². The molecule has 4 heteroatoms. The molecule has 2 nitrogen and oxygen atoms in total. The van der Waals surface area contributed by atoms with E-state index >= 15 is 0 Å². The molecule has 0 heterocycles. The highest BCUT2D eigenvalue weighted by atomic mass is 127. The van der Waals surface area contributed by atoms with Gasteiger partial charge in [0.15, 0.2) is 0 Å². The molecule has 2 N–H and O–H groups in total. The third-order valence-electron chi connectivity index (χ3n) is 3.02. The molecule has 100 valence electrons. The van der Waals surface area contributed by atoms with Crippen molar-refractivity contribution in [2.75, 3.05) is 5.32 Å². The second kappa shape index (κ2) is 5.77. The van der Waals surface area contributed by atoms with Gasteiger partial charge in [-0.05, 0) is 78.4 Å². The van der Waals surface area contributed by atoms with Gasteiger partial charge in [0.1, 0.15) is 11.6 Å². The molecule has 1 atom stereocenters. The van der Waals surface area contributed by atoms with Crippen molar-refractivity contribution < 1.29 is 9.50 Å². The number of aromatic hydroxyl groups is 1. The third-order valence-corrected chi connectivity index (χ3v) is 3.69. The number of hydrogen-bond acceptors (Lipinski definition) is 2. The number of benzene rings is 2. The van der Waals surface area contributed by atoms with Crippen molar-refractivity contribution in [3.05, 3.63) is 56.9 Å². The standard InChI is InChI=1S/C15H15FINO/c1-9-7-12(17)4-5-14(9)18-10(2)13-8-11(16)3-6-15(13)19/h3-8,10,18-19H,1-2H3. The number of halogens is 2. The molecule has 2 aromatic rings. The van der Waals surface area contributed by atoms with E-state index in [0.717, 1.165) is 11.3 Å². The van der Waals surface area contributed by atoms with Crippen LogP contribution in [0, 0.1) is 16.3 Å². The lowest BCUT2D eigenvalue weighted by molar-refractivity contribution is 0.462. The molecule has 2 aromatic carbocycles. The fourth-order valence-electron chi connectivity index (χ4n) is 1.97. The molecule has 0 aliphatic carbocycles. The molecule has 0 aliphatic rings. The Morgan fingerprint density at radius 1 is 1.21 bits per heavy atom. The van der Waals surface area contributed by atoms with Gasteiger partial charge >= 0.3 is 0 Å². The van der Waals surface area contributed by atoms with E-state index in [2.05, 4.69) is 34.0 Å². The summed E-state index contributed by atoms with van der Waals surface area (Å²) in [5, 5.41) is 13.1. The van der Waals surface area contributed by atoms with E-state index in [4.69, 9.17) is 0 Å². The zero-order chi connectivity index (χ0) is 14.0. The van der Waals surface area contributed by atoms with E-state index in [1.165, 1.54) is 21.8 Å². The van der Waals surface area contributed by atoms with Gasteiger partial charge in [-0.1, -0.05) is 0 Å². The van der Waals surface area contributed by atoms with Crippen molar-refractivity contribution in [3.8, 4) is 5.75 Å². The van der Waals surface area contributed by atoms with Gasteiger partial charge in [-0.25, -0.2) is 4.39 Å². The zero-order valence-electron chi connectivity index (χ0n) is 10.7. The van der Waals surface area contributed by atoms with Crippen LogP contribution in [0.15, 0.2) is 36.4 Å². The van der Waals surface area contributed by atoms with Crippen LogP contribution in [0.5, 0.6) is 5.75 Å². The molecule has 19 heavy (non-hydrogen) atoms. The minimum atomic E-state index is -0.346. The Bertz CT molecular complexity index is 601. The molecule has 0 saturated carbocycles. The maximum absolute atomic E-state index is 13.2. The number of aryl methyl sites for hydroxylation is 1. The second-order valence-corrected chi connectivity index (χ2v) is 5.77. The molecule has 0 bridgehead atoms. The summed E-state index contributed by atoms with van der Waals surface area (Å²) < 4.78 is 14.4. The average Bonchev–Trinajstić information content (AvgIpc) is 2.35. The Morgan fingerprint density at radius 3 is 2.63 bits per heavy atom. The molecule has 0 saturated heterocycles. The highest BCUT2D eigenvalue weighted by molar-refractivity contribution is 14.1. The number of rotatable bonds is 3. The van der Waals surface area contributed by atoms with Crippen LogP contribution >= 0.6 is 22.6 Å². The molecule has 0 amide bonds. The molecule has 2 rings (SSSR count). The van der Waals surface area contributed by atoms with Crippen molar-refractivity contribution in [2.45, 2.75) is 19.9 Å². The Kier molecular flexibility index (Phi) is 4.29. The summed E-state index contributed by atoms with van der Waals surface area (Å²) in [7, 11) is 0. The molecule has 0 spiro atoms. The van der Waals surface area contributed by atoms with Gasteiger partial charge in [-0.15, -0.1) is 0 Å². The Morgan fingerprint density at radius 2 is 1.95 bits per heavy atom. The largest absolute Gasteiger partial charge is 0.508 e. The van der Waals surface area contributed by atoms with Crippen LogP contribution in [-0.4, -0.2) is 5.11 Å². The summed E-state index contributed by atoms with van der Waals surface area (Å²) in [6.07, 6.45) is 0. The number of anilines is 1. The number of hydrogen-bond donors (Lipinski definition) is 2. The van der Waals surface area contributed by atoms with Crippen LogP contribution in [0.3, 0.4) is 0 Å². The Balaban J connectivity index is 2.25. The first kappa shape index (κ1) is 14.1. The summed E-state index contributed by atoms with van der Waals surface area (Å²) in [4.78, 5) is 0. The normalized spacial score (nSPS) is 12.2. The van der Waals surface area contributed by atoms with Crippen LogP contribution in [0.25, 0.3) is 0 Å². The van der Waals surface area contributed by atoms with Crippen LogP contribution < -0.4 is 5.32 Å². The molecule has 0 aliphatic heterocycles. The fraction of sp³-hybridized carbons (Fsp3) is 0.200. The van der Waals surface area contributed by atoms with Crippen LogP contribution in [0.2, 0.25) is 0 Å². The van der Waals surface area contributed by atoms with E-state index in [1.54, 1.807) is 0 Å². The molecule has 1 unspecified atom stereocenters. The monoisotopic (exact) mass is 371 g/mol. The lowest BCUT2D eigenvalue weighted by atomic mass is 10.1. The fourth-order valence-corrected chi connectivity index (χ4v) is 2.62. The van der Waals surface area contributed by atoms with Gasteiger partial charge in [0.25, 0.3) is 0 Å². The number of phenolic OH excluding ortho intramolecular Hbond substituents is 1. The van der Waals surface area contributed by atoms with Gasteiger partial charge < -0.3 is 10.4 Å².